The van der Waals surface area contributed by atoms with E-state index in [1.807, 2.05) is 13.8 Å². The molecule has 2 heterocycles. The normalized spacial score (nSPS) is 16.6. The molecule has 206 valence electrons. The number of hydrogen-bond donors (Lipinski definition) is 3. The Morgan fingerprint density at radius 2 is 2.00 bits per heavy atom. The second-order valence-corrected chi connectivity index (χ2v) is 11.8. The Morgan fingerprint density at radius 1 is 1.26 bits per heavy atom. The number of nitrogens with one attached hydrogen (secondary N) is 3. The van der Waals surface area contributed by atoms with Gasteiger partial charge in [-0.05, 0) is 37.0 Å². The fourth-order valence-corrected chi connectivity index (χ4v) is 4.67. The highest BCUT2D eigenvalue weighted by molar-refractivity contribution is 7.93. The van der Waals surface area contributed by atoms with Crippen molar-refractivity contribution in [3.8, 4) is 5.75 Å². The molecular formula is C26H34N4O7S. The maximum absolute atomic E-state index is 13.4. The van der Waals surface area contributed by atoms with Crippen LogP contribution in [-0.4, -0.2) is 80.8 Å². The second kappa shape index (κ2) is 12.2. The maximum Gasteiger partial charge on any atom is 0.268 e. The van der Waals surface area contributed by atoms with Crippen LogP contribution >= 0.6 is 0 Å². The number of Topliss-reactive ketones (excluding diaryl/α,β-unsaturated/α-hetero) is 1. The van der Waals surface area contributed by atoms with E-state index >= 15 is 0 Å². The molecule has 1 fully saturated rings. The van der Waals surface area contributed by atoms with Gasteiger partial charge in [0.2, 0.25) is 11.8 Å². The van der Waals surface area contributed by atoms with Crippen molar-refractivity contribution in [1.29, 1.82) is 0 Å². The number of sulfone groups is 1. The number of carbonyl (C=O) groups excluding carboxylic acids is 4. The summed E-state index contributed by atoms with van der Waals surface area (Å²) in [7, 11) is -2.04. The highest BCUT2D eigenvalue weighted by Gasteiger charge is 2.31. The van der Waals surface area contributed by atoms with Crippen LogP contribution in [0.2, 0.25) is 0 Å². The van der Waals surface area contributed by atoms with Gasteiger partial charge in [-0.25, -0.2) is 8.42 Å². The molecule has 3 N–H and O–H groups in total. The molecule has 2 atom stereocenters. The van der Waals surface area contributed by atoms with Crippen molar-refractivity contribution in [1.82, 2.24) is 20.5 Å². The minimum absolute atomic E-state index is 0.0435. The third kappa shape index (κ3) is 7.67. The summed E-state index contributed by atoms with van der Waals surface area (Å²) < 4.78 is 28.4. The van der Waals surface area contributed by atoms with Crippen LogP contribution in [0.4, 0.5) is 0 Å². The van der Waals surface area contributed by atoms with Gasteiger partial charge in [0, 0.05) is 41.7 Å². The molecule has 0 saturated carbocycles. The minimum atomic E-state index is -3.58. The van der Waals surface area contributed by atoms with Gasteiger partial charge in [0.05, 0.1) is 25.6 Å². The predicted molar refractivity (Wildman–Crippen MR) is 142 cm³/mol. The molecule has 1 aliphatic rings. The lowest BCUT2D eigenvalue weighted by Crippen LogP contribution is -2.48. The zero-order valence-corrected chi connectivity index (χ0v) is 22.8. The van der Waals surface area contributed by atoms with Crippen molar-refractivity contribution < 1.29 is 32.3 Å². The van der Waals surface area contributed by atoms with E-state index in [2.05, 4.69) is 15.6 Å². The number of aromatic amines is 1. The number of benzene rings is 1. The Labute approximate surface area is 221 Å². The number of rotatable bonds is 12. The number of nitrogens with zero attached hydrogens (tertiary/aromatic N) is 1. The summed E-state index contributed by atoms with van der Waals surface area (Å²) in [6.45, 7) is 3.82. The van der Waals surface area contributed by atoms with Crippen LogP contribution < -0.4 is 15.4 Å². The highest BCUT2D eigenvalue weighted by atomic mass is 32.2. The molecule has 1 saturated heterocycles. The van der Waals surface area contributed by atoms with Crippen molar-refractivity contribution in [2.45, 2.75) is 32.7 Å². The number of H-pyrrole nitrogens is 1. The Balaban J connectivity index is 1.81. The van der Waals surface area contributed by atoms with Crippen LogP contribution in [0.25, 0.3) is 10.9 Å². The van der Waals surface area contributed by atoms with E-state index in [0.717, 1.165) is 28.0 Å². The number of fused-ring (bicyclic) bond motifs is 1. The average Bonchev–Trinajstić information content (AvgIpc) is 3.46. The van der Waals surface area contributed by atoms with Crippen molar-refractivity contribution in [3.05, 3.63) is 41.4 Å². The van der Waals surface area contributed by atoms with Gasteiger partial charge < -0.3 is 25.3 Å². The lowest BCUT2D eigenvalue weighted by molar-refractivity contribution is -0.134. The molecule has 0 bridgehead atoms. The summed E-state index contributed by atoms with van der Waals surface area (Å²) in [5, 5.41) is 6.95. The number of amides is 3. The number of ether oxygens (including phenoxy) is 1. The Morgan fingerprint density at radius 3 is 2.61 bits per heavy atom. The summed E-state index contributed by atoms with van der Waals surface area (Å²) in [6, 6.07) is 6.10. The fraction of sp³-hybridized carbons (Fsp3) is 0.462. The molecule has 2 aromatic rings. The number of methoxy groups -OCH3 is 1. The molecule has 0 radical (unpaired) electrons. The maximum atomic E-state index is 13.4. The molecule has 0 spiro atoms. The first-order chi connectivity index (χ1) is 17.9. The van der Waals surface area contributed by atoms with Crippen LogP contribution in [0.15, 0.2) is 35.7 Å². The van der Waals surface area contributed by atoms with Gasteiger partial charge in [-0.2, -0.15) is 0 Å². The zero-order chi connectivity index (χ0) is 28.0. The SMILES string of the molecule is COc1cccc2[nH]c(C(=O)N[C@@H](CC(C)C)C(=O)CN(C[C@@H]3CCNC3=O)C(=O)/C=C/S(C)(=O)=O)cc12. The van der Waals surface area contributed by atoms with E-state index < -0.39 is 45.9 Å². The smallest absolute Gasteiger partial charge is 0.268 e. The molecule has 3 rings (SSSR count). The number of hydrogen-bond acceptors (Lipinski definition) is 7. The lowest BCUT2D eigenvalue weighted by Gasteiger charge is -2.26. The largest absolute Gasteiger partial charge is 0.496 e. The van der Waals surface area contributed by atoms with E-state index in [0.29, 0.717) is 30.7 Å². The molecule has 1 aromatic carbocycles. The molecule has 11 nitrogen and oxygen atoms in total. The third-order valence-electron chi connectivity index (χ3n) is 6.21. The first kappa shape index (κ1) is 28.9. The average molecular weight is 547 g/mol. The summed E-state index contributed by atoms with van der Waals surface area (Å²) in [6.07, 6.45) is 2.63. The van der Waals surface area contributed by atoms with Gasteiger partial charge in [-0.3, -0.25) is 19.2 Å². The standard InChI is InChI=1S/C26H34N4O7S/c1-16(2)12-20(29-26(34)21-13-18-19(28-21)6-5-7-23(18)37-3)22(31)15-30(14-17-8-10-27-25(17)33)24(32)9-11-38(4,35)36/h5-7,9,11,13,16-17,20,28H,8,10,12,14-15H2,1-4H3,(H,27,33)(H,29,34)/b11-9+/t17-,20-/m0/s1. The molecule has 38 heavy (non-hydrogen) atoms. The van der Waals surface area contributed by atoms with Crippen LogP contribution in [0, 0.1) is 11.8 Å². The van der Waals surface area contributed by atoms with E-state index in [4.69, 9.17) is 4.74 Å². The summed E-state index contributed by atoms with van der Waals surface area (Å²) in [4.78, 5) is 55.7. The van der Waals surface area contributed by atoms with Gasteiger partial charge in [0.1, 0.15) is 11.4 Å². The quantitative estimate of drug-likeness (QED) is 0.340. The van der Waals surface area contributed by atoms with Crippen molar-refractivity contribution in [3.63, 3.8) is 0 Å². The topological polar surface area (TPSA) is 155 Å². The van der Waals surface area contributed by atoms with Gasteiger partial charge in [-0.15, -0.1) is 0 Å². The Hall–Kier alpha value is -3.67. The molecular weight excluding hydrogens is 512 g/mol. The summed E-state index contributed by atoms with van der Waals surface area (Å²) >= 11 is 0. The third-order valence-corrected chi connectivity index (χ3v) is 6.84. The minimum Gasteiger partial charge on any atom is -0.496 e. The summed E-state index contributed by atoms with van der Waals surface area (Å²) in [5.41, 5.74) is 0.947. The fourth-order valence-electron chi connectivity index (χ4n) is 4.31. The molecule has 0 unspecified atom stereocenters. The van der Waals surface area contributed by atoms with Crippen molar-refractivity contribution in [2.75, 3.05) is 33.0 Å². The molecule has 0 aliphatic carbocycles. The number of carbonyl (C=O) groups is 4. The first-order valence-corrected chi connectivity index (χ1v) is 14.3. The van der Waals surface area contributed by atoms with E-state index in [1.165, 1.54) is 7.11 Å². The van der Waals surface area contributed by atoms with Crippen LogP contribution in [0.1, 0.15) is 37.2 Å². The predicted octanol–water partition coefficient (Wildman–Crippen LogP) is 1.41. The van der Waals surface area contributed by atoms with E-state index in [9.17, 15) is 27.6 Å². The van der Waals surface area contributed by atoms with Crippen molar-refractivity contribution in [2.24, 2.45) is 11.8 Å². The van der Waals surface area contributed by atoms with Crippen LogP contribution in [0.3, 0.4) is 0 Å². The number of aromatic nitrogens is 1. The van der Waals surface area contributed by atoms with Gasteiger partial charge >= 0.3 is 0 Å². The Bertz CT molecular complexity index is 1350. The second-order valence-electron chi connectivity index (χ2n) is 9.85. The zero-order valence-electron chi connectivity index (χ0n) is 21.9. The van der Waals surface area contributed by atoms with Gasteiger partial charge in [0.25, 0.3) is 5.91 Å². The lowest BCUT2D eigenvalue weighted by atomic mass is 9.99. The van der Waals surface area contributed by atoms with E-state index in [1.54, 1.807) is 24.3 Å². The number of ketones is 1. The van der Waals surface area contributed by atoms with E-state index in [-0.39, 0.29) is 24.1 Å². The summed E-state index contributed by atoms with van der Waals surface area (Å²) in [5.74, 6) is -1.74. The Kier molecular flexibility index (Phi) is 9.31. The monoisotopic (exact) mass is 546 g/mol. The molecule has 3 amide bonds. The van der Waals surface area contributed by atoms with Crippen LogP contribution in [-0.2, 0) is 24.2 Å². The van der Waals surface area contributed by atoms with Gasteiger partial charge in [0.15, 0.2) is 15.6 Å². The first-order valence-electron chi connectivity index (χ1n) is 12.3. The molecule has 1 aliphatic heterocycles. The molecule has 1 aromatic heterocycles. The van der Waals surface area contributed by atoms with Crippen molar-refractivity contribution >= 4 is 44.2 Å². The van der Waals surface area contributed by atoms with Crippen LogP contribution in [0.5, 0.6) is 5.75 Å². The highest BCUT2D eigenvalue weighted by Crippen LogP contribution is 2.26. The van der Waals surface area contributed by atoms with Gasteiger partial charge in [-0.1, -0.05) is 19.9 Å². The molecule has 12 heteroatoms.